The van der Waals surface area contributed by atoms with Crippen LogP contribution in [-0.2, 0) is 4.74 Å². The Morgan fingerprint density at radius 2 is 2.31 bits per heavy atom. The molecule has 1 aliphatic rings. The average Bonchev–Trinajstić information content (AvgIpc) is 2.29. The number of fused-ring (bicyclic) bond motifs is 1. The number of carbonyl (C=O) groups is 1. The number of ether oxygens (including phenoxy) is 1. The largest absolute Gasteiger partial charge is 0.452 e. The summed E-state index contributed by atoms with van der Waals surface area (Å²) in [6, 6.07) is 5.69. The van der Waals surface area contributed by atoms with Crippen LogP contribution in [-0.4, -0.2) is 24.9 Å². The topological polar surface area (TPSA) is 49.8 Å². The maximum absolute atomic E-state index is 11.5. The minimum Gasteiger partial charge on any atom is -0.452 e. The predicted octanol–water partition coefficient (Wildman–Crippen LogP) is 2.00. The molecule has 0 bridgehead atoms. The van der Waals surface area contributed by atoms with Crippen molar-refractivity contribution in [3.8, 4) is 0 Å². The van der Waals surface area contributed by atoms with Crippen molar-refractivity contribution in [2.45, 2.75) is 19.4 Å². The first-order valence-corrected chi connectivity index (χ1v) is 5.27. The van der Waals surface area contributed by atoms with Crippen molar-refractivity contribution in [3.63, 3.8) is 0 Å². The van der Waals surface area contributed by atoms with Gasteiger partial charge in [-0.25, -0.2) is 4.79 Å². The summed E-state index contributed by atoms with van der Waals surface area (Å²) in [4.78, 5) is 13.1. The van der Waals surface area contributed by atoms with Crippen molar-refractivity contribution in [1.82, 2.24) is 0 Å². The fourth-order valence-electron chi connectivity index (χ4n) is 2.01. The average molecular weight is 221 g/mol. The quantitative estimate of drug-likeness (QED) is 0.729. The summed E-state index contributed by atoms with van der Waals surface area (Å²) in [5.41, 5.74) is 2.62. The molecular weight excluding hydrogens is 206 g/mol. The number of methoxy groups -OCH3 is 1. The van der Waals surface area contributed by atoms with E-state index in [1.165, 1.54) is 7.11 Å². The van der Waals surface area contributed by atoms with Crippen LogP contribution in [0.25, 0.3) is 0 Å². The maximum Gasteiger partial charge on any atom is 0.414 e. The first kappa shape index (κ1) is 11.0. The third kappa shape index (κ3) is 1.76. The summed E-state index contributed by atoms with van der Waals surface area (Å²) in [5, 5.41) is 9.88. The number of nitrogens with zero attached hydrogens (tertiary/aromatic N) is 1. The number of rotatable bonds is 0. The number of benzene rings is 1. The Hall–Kier alpha value is -1.55. The SMILES string of the molecule is COC(=O)N1CCC(O)c2cc(C)ccc21. The predicted molar refractivity (Wildman–Crippen MR) is 60.5 cm³/mol. The summed E-state index contributed by atoms with van der Waals surface area (Å²) in [5.74, 6) is 0. The molecule has 0 radical (unpaired) electrons. The normalized spacial score (nSPS) is 19.2. The lowest BCUT2D eigenvalue weighted by molar-refractivity contribution is 0.154. The molecule has 1 amide bonds. The van der Waals surface area contributed by atoms with Gasteiger partial charge in [0.1, 0.15) is 0 Å². The van der Waals surface area contributed by atoms with Crippen LogP contribution < -0.4 is 4.90 Å². The molecule has 0 aromatic heterocycles. The lowest BCUT2D eigenvalue weighted by atomic mass is 9.97. The minimum absolute atomic E-state index is 0.378. The van der Waals surface area contributed by atoms with Crippen molar-refractivity contribution in [3.05, 3.63) is 29.3 Å². The maximum atomic E-state index is 11.5. The van der Waals surface area contributed by atoms with Crippen molar-refractivity contribution < 1.29 is 14.6 Å². The molecule has 0 aliphatic carbocycles. The molecule has 2 rings (SSSR count). The minimum atomic E-state index is -0.490. The van der Waals surface area contributed by atoms with Gasteiger partial charge in [-0.15, -0.1) is 0 Å². The Balaban J connectivity index is 2.44. The third-order valence-electron chi connectivity index (χ3n) is 2.85. The third-order valence-corrected chi connectivity index (χ3v) is 2.85. The van der Waals surface area contributed by atoms with E-state index < -0.39 is 6.10 Å². The van der Waals surface area contributed by atoms with E-state index in [2.05, 4.69) is 0 Å². The molecular formula is C12H15NO3. The second-order valence-electron chi connectivity index (χ2n) is 3.99. The van der Waals surface area contributed by atoms with Gasteiger partial charge in [-0.2, -0.15) is 0 Å². The second kappa shape index (κ2) is 4.14. The van der Waals surface area contributed by atoms with E-state index in [0.29, 0.717) is 13.0 Å². The van der Waals surface area contributed by atoms with Crippen LogP contribution in [0.15, 0.2) is 18.2 Å². The van der Waals surface area contributed by atoms with E-state index in [9.17, 15) is 9.90 Å². The molecule has 1 N–H and O–H groups in total. The molecule has 0 spiro atoms. The molecule has 1 heterocycles. The first-order valence-electron chi connectivity index (χ1n) is 5.27. The van der Waals surface area contributed by atoms with Gasteiger partial charge in [0.15, 0.2) is 0 Å². The molecule has 0 saturated heterocycles. The second-order valence-corrected chi connectivity index (χ2v) is 3.99. The number of amides is 1. The number of aliphatic hydroxyl groups excluding tert-OH is 1. The zero-order chi connectivity index (χ0) is 11.7. The van der Waals surface area contributed by atoms with Crippen LogP contribution in [0.1, 0.15) is 23.7 Å². The van der Waals surface area contributed by atoms with Gasteiger partial charge in [0, 0.05) is 12.1 Å². The van der Waals surface area contributed by atoms with Crippen LogP contribution in [0.4, 0.5) is 10.5 Å². The van der Waals surface area contributed by atoms with Gasteiger partial charge in [-0.05, 0) is 19.4 Å². The van der Waals surface area contributed by atoms with Crippen LogP contribution >= 0.6 is 0 Å². The van der Waals surface area contributed by atoms with Crippen molar-refractivity contribution in [2.75, 3.05) is 18.6 Å². The van der Waals surface area contributed by atoms with Gasteiger partial charge in [0.05, 0.1) is 18.9 Å². The number of anilines is 1. The van der Waals surface area contributed by atoms with E-state index >= 15 is 0 Å². The summed E-state index contributed by atoms with van der Waals surface area (Å²) in [6.07, 6.45) is -0.321. The first-order chi connectivity index (χ1) is 7.63. The number of carbonyl (C=O) groups excluding carboxylic acids is 1. The standard InChI is InChI=1S/C12H15NO3/c1-8-3-4-10-9(7-8)11(14)5-6-13(10)12(15)16-2/h3-4,7,11,14H,5-6H2,1-2H3. The highest BCUT2D eigenvalue weighted by Crippen LogP contribution is 2.34. The summed E-state index contributed by atoms with van der Waals surface area (Å²) in [6.45, 7) is 2.45. The fourth-order valence-corrected chi connectivity index (χ4v) is 2.01. The van der Waals surface area contributed by atoms with E-state index in [-0.39, 0.29) is 6.09 Å². The van der Waals surface area contributed by atoms with E-state index in [0.717, 1.165) is 16.8 Å². The lowest BCUT2D eigenvalue weighted by Crippen LogP contribution is -2.36. The molecule has 4 heteroatoms. The molecule has 86 valence electrons. The van der Waals surface area contributed by atoms with Crippen LogP contribution in [0.2, 0.25) is 0 Å². The summed E-state index contributed by atoms with van der Waals surface area (Å²) in [7, 11) is 1.36. The van der Waals surface area contributed by atoms with Gasteiger partial charge in [-0.1, -0.05) is 17.7 Å². The molecule has 1 aliphatic heterocycles. The van der Waals surface area contributed by atoms with Crippen molar-refractivity contribution >= 4 is 11.8 Å². The fraction of sp³-hybridized carbons (Fsp3) is 0.417. The van der Waals surface area contributed by atoms with Gasteiger partial charge >= 0.3 is 6.09 Å². The van der Waals surface area contributed by atoms with Crippen molar-refractivity contribution in [2.24, 2.45) is 0 Å². The number of hydrogen-bond donors (Lipinski definition) is 1. The molecule has 1 unspecified atom stereocenters. The van der Waals surface area contributed by atoms with Crippen molar-refractivity contribution in [1.29, 1.82) is 0 Å². The highest BCUT2D eigenvalue weighted by Gasteiger charge is 2.27. The Kier molecular flexibility index (Phi) is 2.83. The van der Waals surface area contributed by atoms with Gasteiger partial charge in [0.25, 0.3) is 0 Å². The number of aliphatic hydroxyl groups is 1. The van der Waals surface area contributed by atoms with E-state index in [4.69, 9.17) is 4.74 Å². The summed E-state index contributed by atoms with van der Waals surface area (Å²) >= 11 is 0. The Morgan fingerprint density at radius 3 is 3.00 bits per heavy atom. The Morgan fingerprint density at radius 1 is 1.56 bits per heavy atom. The molecule has 16 heavy (non-hydrogen) atoms. The number of hydrogen-bond acceptors (Lipinski definition) is 3. The van der Waals surface area contributed by atoms with Crippen LogP contribution in [0.5, 0.6) is 0 Å². The zero-order valence-corrected chi connectivity index (χ0v) is 9.43. The highest BCUT2D eigenvalue weighted by molar-refractivity contribution is 5.89. The molecule has 0 saturated carbocycles. The monoisotopic (exact) mass is 221 g/mol. The molecule has 4 nitrogen and oxygen atoms in total. The van der Waals surface area contributed by atoms with Gasteiger partial charge < -0.3 is 9.84 Å². The summed E-state index contributed by atoms with van der Waals surface area (Å²) < 4.78 is 4.72. The Labute approximate surface area is 94.4 Å². The molecule has 1 aromatic carbocycles. The van der Waals surface area contributed by atoms with Gasteiger partial charge in [-0.3, -0.25) is 4.90 Å². The molecule has 0 fully saturated rings. The van der Waals surface area contributed by atoms with E-state index in [1.807, 2.05) is 25.1 Å². The Bertz CT molecular complexity index is 417. The van der Waals surface area contributed by atoms with Crippen LogP contribution in [0.3, 0.4) is 0 Å². The molecule has 1 atom stereocenters. The highest BCUT2D eigenvalue weighted by atomic mass is 16.5. The lowest BCUT2D eigenvalue weighted by Gasteiger charge is -2.31. The smallest absolute Gasteiger partial charge is 0.414 e. The number of aryl methyl sites for hydroxylation is 1. The van der Waals surface area contributed by atoms with Crippen LogP contribution in [0, 0.1) is 6.92 Å². The van der Waals surface area contributed by atoms with Gasteiger partial charge in [0.2, 0.25) is 0 Å². The zero-order valence-electron chi connectivity index (χ0n) is 9.43. The van der Waals surface area contributed by atoms with E-state index in [1.54, 1.807) is 4.90 Å². The molecule has 1 aromatic rings.